The number of hydrogen-bond donors (Lipinski definition) is 4. The number of sulfone groups is 1. The topological polar surface area (TPSA) is 108 Å². The summed E-state index contributed by atoms with van der Waals surface area (Å²) in [7, 11) is -2.03. The summed E-state index contributed by atoms with van der Waals surface area (Å²) >= 11 is 0. The molecule has 1 amide bonds. The zero-order valence-electron chi connectivity index (χ0n) is 20.3. The molecule has 10 heteroatoms. The quantitative estimate of drug-likeness (QED) is 0.275. The Morgan fingerprint density at radius 1 is 1.12 bits per heavy atom. The number of rotatable bonds is 16. The number of likely N-dealkylation sites (N-methyl/N-ethyl adjacent to an activating group) is 1. The Labute approximate surface area is 202 Å². The molecule has 1 fully saturated rings. The lowest BCUT2D eigenvalue weighted by atomic mass is 10.00. The van der Waals surface area contributed by atoms with E-state index in [1.165, 1.54) is 7.05 Å². The third-order valence-electron chi connectivity index (χ3n) is 6.16. The number of aliphatic hydroxyl groups is 1. The minimum atomic E-state index is -3.54. The highest BCUT2D eigenvalue weighted by Gasteiger charge is 2.33. The lowest BCUT2D eigenvalue weighted by Gasteiger charge is -2.28. The maximum absolute atomic E-state index is 13.7. The number of halogens is 2. The van der Waals surface area contributed by atoms with Crippen LogP contribution in [0.15, 0.2) is 18.2 Å². The summed E-state index contributed by atoms with van der Waals surface area (Å²) in [6.07, 6.45) is 3.51. The number of nitrogens with one attached hydrogen (secondary N) is 3. The van der Waals surface area contributed by atoms with Crippen LogP contribution in [0, 0.1) is 11.6 Å². The van der Waals surface area contributed by atoms with Gasteiger partial charge in [0.2, 0.25) is 5.91 Å². The maximum Gasteiger partial charge on any atom is 0.238 e. The molecule has 1 aromatic carbocycles. The van der Waals surface area contributed by atoms with E-state index in [0.717, 1.165) is 43.9 Å². The summed E-state index contributed by atoms with van der Waals surface area (Å²) in [5, 5.41) is 18.9. The van der Waals surface area contributed by atoms with E-state index in [-0.39, 0.29) is 24.3 Å². The van der Waals surface area contributed by atoms with Crippen LogP contribution in [-0.2, 0) is 21.1 Å². The van der Waals surface area contributed by atoms with Crippen molar-refractivity contribution in [3.8, 4) is 0 Å². The standard InChI is InChI=1S/C24H39F2N3O4S/c1-4-6-20(7-5-2)34(32,33)15-22(27-3)24(31)29-21(23(30)14-28-19-8-9-19)12-16-10-17(25)13-18(26)11-16/h10-11,13,19-23,27-28,30H,4-9,12,14-15H2,1-3H3,(H,29,31)/t21-,22?,23+/m0/s1. The van der Waals surface area contributed by atoms with Crippen LogP contribution in [0.3, 0.4) is 0 Å². The Bertz CT molecular complexity index is 870. The van der Waals surface area contributed by atoms with Crippen LogP contribution in [0.25, 0.3) is 0 Å². The molecule has 1 aliphatic carbocycles. The first-order valence-corrected chi connectivity index (χ1v) is 13.9. The van der Waals surface area contributed by atoms with E-state index in [4.69, 9.17) is 0 Å². The van der Waals surface area contributed by atoms with Gasteiger partial charge in [-0.1, -0.05) is 26.7 Å². The summed E-state index contributed by atoms with van der Waals surface area (Å²) in [5.74, 6) is -2.44. The molecule has 2 rings (SSSR count). The minimum absolute atomic E-state index is 0.00852. The fourth-order valence-electron chi connectivity index (χ4n) is 4.07. The molecule has 0 spiro atoms. The molecule has 7 nitrogen and oxygen atoms in total. The molecule has 1 saturated carbocycles. The van der Waals surface area contributed by atoms with Crippen LogP contribution in [0.5, 0.6) is 0 Å². The first kappa shape index (κ1) is 28.6. The van der Waals surface area contributed by atoms with Gasteiger partial charge in [-0.05, 0) is 56.8 Å². The number of aliphatic hydroxyl groups excluding tert-OH is 1. The summed E-state index contributed by atoms with van der Waals surface area (Å²) in [5.41, 5.74) is 0.285. The van der Waals surface area contributed by atoms with E-state index in [2.05, 4.69) is 16.0 Å². The molecule has 0 bridgehead atoms. The van der Waals surface area contributed by atoms with Gasteiger partial charge in [0.25, 0.3) is 0 Å². The molecule has 0 aromatic heterocycles. The zero-order valence-corrected chi connectivity index (χ0v) is 21.1. The van der Waals surface area contributed by atoms with E-state index >= 15 is 0 Å². The van der Waals surface area contributed by atoms with Gasteiger partial charge in [0.1, 0.15) is 17.7 Å². The lowest BCUT2D eigenvalue weighted by Crippen LogP contribution is -2.55. The summed E-state index contributed by atoms with van der Waals surface area (Å²) < 4.78 is 53.4. The Hall–Kier alpha value is -1.62. The monoisotopic (exact) mass is 503 g/mol. The van der Waals surface area contributed by atoms with E-state index in [1.807, 2.05) is 13.8 Å². The molecule has 1 aliphatic rings. The van der Waals surface area contributed by atoms with Crippen molar-refractivity contribution in [2.24, 2.45) is 0 Å². The third-order valence-corrected chi connectivity index (χ3v) is 8.44. The van der Waals surface area contributed by atoms with Gasteiger partial charge in [-0.25, -0.2) is 17.2 Å². The van der Waals surface area contributed by atoms with Crippen molar-refractivity contribution >= 4 is 15.7 Å². The number of carbonyl (C=O) groups excluding carboxylic acids is 1. The number of amides is 1. The Morgan fingerprint density at radius 2 is 1.71 bits per heavy atom. The van der Waals surface area contributed by atoms with Crippen molar-refractivity contribution in [1.29, 1.82) is 0 Å². The second-order valence-electron chi connectivity index (χ2n) is 9.22. The first-order valence-electron chi connectivity index (χ1n) is 12.1. The van der Waals surface area contributed by atoms with Gasteiger partial charge in [-0.3, -0.25) is 4.79 Å². The summed E-state index contributed by atoms with van der Waals surface area (Å²) in [6.45, 7) is 4.06. The van der Waals surface area contributed by atoms with Crippen molar-refractivity contribution in [3.05, 3.63) is 35.4 Å². The SMILES string of the molecule is CCCC(CCC)S(=O)(=O)CC(NC)C(=O)N[C@@H](Cc1cc(F)cc(F)c1)[C@H](O)CNC1CC1. The van der Waals surface area contributed by atoms with E-state index in [9.17, 15) is 27.1 Å². The average molecular weight is 504 g/mol. The van der Waals surface area contributed by atoms with Crippen LogP contribution in [0.2, 0.25) is 0 Å². The van der Waals surface area contributed by atoms with E-state index in [1.54, 1.807) is 0 Å². The van der Waals surface area contributed by atoms with E-state index < -0.39 is 50.8 Å². The molecular weight excluding hydrogens is 464 g/mol. The summed E-state index contributed by atoms with van der Waals surface area (Å²) in [6, 6.07) is 1.51. The van der Waals surface area contributed by atoms with Gasteiger partial charge in [0.15, 0.2) is 9.84 Å². The van der Waals surface area contributed by atoms with Crippen LogP contribution in [0.1, 0.15) is 57.9 Å². The third kappa shape index (κ3) is 9.20. The average Bonchev–Trinajstić information content (AvgIpc) is 3.59. The Balaban J connectivity index is 2.15. The van der Waals surface area contributed by atoms with Crippen LogP contribution >= 0.6 is 0 Å². The van der Waals surface area contributed by atoms with Gasteiger partial charge in [-0.2, -0.15) is 0 Å². The van der Waals surface area contributed by atoms with Crippen molar-refractivity contribution in [1.82, 2.24) is 16.0 Å². The second-order valence-corrected chi connectivity index (χ2v) is 11.5. The van der Waals surface area contributed by atoms with Gasteiger partial charge in [0.05, 0.1) is 23.1 Å². The van der Waals surface area contributed by atoms with E-state index in [0.29, 0.717) is 18.9 Å². The van der Waals surface area contributed by atoms with Crippen molar-refractivity contribution in [2.75, 3.05) is 19.3 Å². The van der Waals surface area contributed by atoms with Gasteiger partial charge in [0, 0.05) is 18.7 Å². The molecule has 1 aromatic rings. The van der Waals surface area contributed by atoms with Crippen molar-refractivity contribution in [2.45, 2.75) is 88.3 Å². The number of hydrogen-bond acceptors (Lipinski definition) is 6. The smallest absolute Gasteiger partial charge is 0.238 e. The normalized spacial score (nSPS) is 16.9. The van der Waals surface area contributed by atoms with Gasteiger partial charge >= 0.3 is 0 Å². The first-order chi connectivity index (χ1) is 16.1. The Kier molecular flexibility index (Phi) is 11.3. The highest BCUT2D eigenvalue weighted by Crippen LogP contribution is 2.19. The highest BCUT2D eigenvalue weighted by molar-refractivity contribution is 7.92. The molecule has 194 valence electrons. The highest BCUT2D eigenvalue weighted by atomic mass is 32.2. The molecule has 3 atom stereocenters. The minimum Gasteiger partial charge on any atom is -0.390 e. The predicted molar refractivity (Wildman–Crippen MR) is 129 cm³/mol. The van der Waals surface area contributed by atoms with Crippen molar-refractivity contribution in [3.63, 3.8) is 0 Å². The largest absolute Gasteiger partial charge is 0.390 e. The second kappa shape index (κ2) is 13.5. The lowest BCUT2D eigenvalue weighted by molar-refractivity contribution is -0.124. The van der Waals surface area contributed by atoms with Crippen molar-refractivity contribution < 1.29 is 27.1 Å². The molecular formula is C24H39F2N3O4S. The maximum atomic E-state index is 13.7. The van der Waals surface area contributed by atoms with Crippen LogP contribution in [0.4, 0.5) is 8.78 Å². The zero-order chi connectivity index (χ0) is 25.3. The molecule has 4 N–H and O–H groups in total. The van der Waals surface area contributed by atoms with Gasteiger partial charge < -0.3 is 21.1 Å². The fourth-order valence-corrected chi connectivity index (χ4v) is 6.32. The van der Waals surface area contributed by atoms with Gasteiger partial charge in [-0.15, -0.1) is 0 Å². The fraction of sp³-hybridized carbons (Fsp3) is 0.708. The molecule has 0 aliphatic heterocycles. The molecule has 0 saturated heterocycles. The molecule has 1 unspecified atom stereocenters. The predicted octanol–water partition coefficient (Wildman–Crippen LogP) is 2.08. The molecule has 0 heterocycles. The van der Waals surface area contributed by atoms with Crippen LogP contribution in [-0.4, -0.2) is 68.3 Å². The summed E-state index contributed by atoms with van der Waals surface area (Å²) in [4.78, 5) is 13.1. The Morgan fingerprint density at radius 3 is 2.21 bits per heavy atom. The number of carbonyl (C=O) groups is 1. The van der Waals surface area contributed by atoms with Crippen LogP contribution < -0.4 is 16.0 Å². The molecule has 34 heavy (non-hydrogen) atoms. The number of benzene rings is 1. The molecule has 0 radical (unpaired) electrons.